The lowest BCUT2D eigenvalue weighted by Gasteiger charge is -2.16. The summed E-state index contributed by atoms with van der Waals surface area (Å²) >= 11 is 0. The van der Waals surface area contributed by atoms with Crippen molar-refractivity contribution in [1.82, 2.24) is 24.9 Å². The minimum absolute atomic E-state index is 0.0238. The van der Waals surface area contributed by atoms with Crippen molar-refractivity contribution in [2.75, 3.05) is 0 Å². The van der Waals surface area contributed by atoms with E-state index in [0.29, 0.717) is 16.9 Å². The van der Waals surface area contributed by atoms with Gasteiger partial charge in [-0.25, -0.2) is 9.36 Å². The van der Waals surface area contributed by atoms with Gasteiger partial charge in [-0.3, -0.25) is 4.79 Å². The van der Waals surface area contributed by atoms with Crippen molar-refractivity contribution >= 4 is 5.91 Å². The van der Waals surface area contributed by atoms with Gasteiger partial charge in [-0.2, -0.15) is 23.4 Å². The van der Waals surface area contributed by atoms with Crippen LogP contribution >= 0.6 is 0 Å². The fourth-order valence-electron chi connectivity index (χ4n) is 3.47. The van der Waals surface area contributed by atoms with E-state index < -0.39 is 17.6 Å². The van der Waals surface area contributed by atoms with Gasteiger partial charge >= 0.3 is 6.18 Å². The molecule has 0 aliphatic heterocycles. The number of nitrogens with one attached hydrogen (secondary N) is 1. The second kappa shape index (κ2) is 8.33. The molecule has 0 saturated carbocycles. The number of carbonyl (C=O) groups excluding carboxylic acids is 1. The van der Waals surface area contributed by atoms with E-state index in [0.717, 1.165) is 17.4 Å². The quantitative estimate of drug-likeness (QED) is 0.493. The number of rotatable bonds is 5. The largest absolute Gasteiger partial charge is 0.416 e. The van der Waals surface area contributed by atoms with E-state index >= 15 is 0 Å². The van der Waals surface area contributed by atoms with Gasteiger partial charge in [0.2, 0.25) is 0 Å². The number of aromatic nitrogens is 4. The Kier molecular flexibility index (Phi) is 5.56. The number of benzene rings is 2. The molecule has 0 spiro atoms. The Labute approximate surface area is 182 Å². The minimum Gasteiger partial charge on any atom is -0.348 e. The van der Waals surface area contributed by atoms with Crippen molar-refractivity contribution < 1.29 is 18.0 Å². The minimum atomic E-state index is -4.57. The van der Waals surface area contributed by atoms with Crippen LogP contribution in [0.1, 0.15) is 32.9 Å². The van der Waals surface area contributed by atoms with E-state index in [1.54, 1.807) is 73.4 Å². The maximum Gasteiger partial charge on any atom is 0.416 e. The van der Waals surface area contributed by atoms with Crippen LogP contribution in [0.15, 0.2) is 67.0 Å². The fraction of sp³-hybridized carbons (Fsp3) is 0.174. The van der Waals surface area contributed by atoms with Gasteiger partial charge in [0, 0.05) is 30.2 Å². The molecule has 6 nitrogen and oxygen atoms in total. The van der Waals surface area contributed by atoms with Gasteiger partial charge in [0.1, 0.15) is 0 Å². The van der Waals surface area contributed by atoms with E-state index in [2.05, 4.69) is 15.5 Å². The maximum atomic E-state index is 13.7. The average Bonchev–Trinajstić information content (AvgIpc) is 3.41. The number of halogens is 3. The third-order valence-electron chi connectivity index (χ3n) is 4.99. The van der Waals surface area contributed by atoms with Crippen LogP contribution in [-0.4, -0.2) is 25.5 Å². The van der Waals surface area contributed by atoms with E-state index in [1.807, 2.05) is 0 Å². The smallest absolute Gasteiger partial charge is 0.348 e. The van der Waals surface area contributed by atoms with Crippen LogP contribution in [-0.2, 0) is 12.7 Å². The first-order valence-corrected chi connectivity index (χ1v) is 9.84. The summed E-state index contributed by atoms with van der Waals surface area (Å²) in [5, 5.41) is 10.9. The van der Waals surface area contributed by atoms with Crippen molar-refractivity contribution in [1.29, 1.82) is 0 Å². The molecule has 0 unspecified atom stereocenters. The number of hydrogen-bond donors (Lipinski definition) is 1. The number of hydrogen-bond acceptors (Lipinski definition) is 3. The van der Waals surface area contributed by atoms with Crippen LogP contribution in [0.3, 0.4) is 0 Å². The van der Waals surface area contributed by atoms with Crippen molar-refractivity contribution in [3.05, 3.63) is 95.1 Å². The fourth-order valence-corrected chi connectivity index (χ4v) is 3.47. The molecule has 4 rings (SSSR count). The van der Waals surface area contributed by atoms with Crippen molar-refractivity contribution in [2.45, 2.75) is 26.6 Å². The second-order valence-electron chi connectivity index (χ2n) is 7.36. The molecule has 32 heavy (non-hydrogen) atoms. The Hall–Kier alpha value is -3.88. The molecular weight excluding hydrogens is 419 g/mol. The summed E-state index contributed by atoms with van der Waals surface area (Å²) in [7, 11) is 0. The van der Waals surface area contributed by atoms with E-state index in [4.69, 9.17) is 0 Å². The van der Waals surface area contributed by atoms with Crippen LogP contribution in [0.4, 0.5) is 13.2 Å². The lowest BCUT2D eigenvalue weighted by Crippen LogP contribution is -2.24. The lowest BCUT2D eigenvalue weighted by atomic mass is 10.1. The third-order valence-corrected chi connectivity index (χ3v) is 4.99. The van der Waals surface area contributed by atoms with Gasteiger partial charge in [-0.15, -0.1) is 0 Å². The molecular formula is C23H20F3N5O. The molecule has 4 aromatic rings. The summed E-state index contributed by atoms with van der Waals surface area (Å²) in [5.41, 5.74) is 2.04. The standard InChI is InChI=1S/C23H20F3N5O/c1-15-12-16(2)31(29-15)20-9-6-18(21(13-20)23(24,25)26)14-27-22(32)17-4-7-19(8-5-17)30-11-3-10-28-30/h3-13H,14H2,1-2H3,(H,27,32). The Morgan fingerprint density at radius 1 is 1.03 bits per heavy atom. The molecule has 0 fully saturated rings. The van der Waals surface area contributed by atoms with Crippen molar-refractivity contribution in [3.8, 4) is 11.4 Å². The Bertz CT molecular complexity index is 1240. The number of amides is 1. The highest BCUT2D eigenvalue weighted by Gasteiger charge is 2.34. The normalized spacial score (nSPS) is 11.5. The van der Waals surface area contributed by atoms with Gasteiger partial charge in [0.15, 0.2) is 0 Å². The highest BCUT2D eigenvalue weighted by molar-refractivity contribution is 5.94. The zero-order chi connectivity index (χ0) is 22.9. The third kappa shape index (κ3) is 4.41. The van der Waals surface area contributed by atoms with Crippen LogP contribution in [0.5, 0.6) is 0 Å². The van der Waals surface area contributed by atoms with Gasteiger partial charge < -0.3 is 5.32 Å². The zero-order valence-electron chi connectivity index (χ0n) is 17.4. The first-order chi connectivity index (χ1) is 15.2. The SMILES string of the molecule is Cc1cc(C)n(-c2ccc(CNC(=O)c3ccc(-n4cccn4)cc3)c(C(F)(F)F)c2)n1. The average molecular weight is 439 g/mol. The van der Waals surface area contributed by atoms with Crippen molar-refractivity contribution in [2.24, 2.45) is 0 Å². The molecule has 0 bridgehead atoms. The molecule has 9 heteroatoms. The molecule has 0 radical (unpaired) electrons. The lowest BCUT2D eigenvalue weighted by molar-refractivity contribution is -0.138. The molecule has 0 aliphatic carbocycles. The highest BCUT2D eigenvalue weighted by Crippen LogP contribution is 2.33. The van der Waals surface area contributed by atoms with E-state index in [-0.39, 0.29) is 12.1 Å². The summed E-state index contributed by atoms with van der Waals surface area (Å²) in [4.78, 5) is 12.5. The number of alkyl halides is 3. The van der Waals surface area contributed by atoms with Gasteiger partial charge in [-0.1, -0.05) is 6.07 Å². The molecule has 2 heterocycles. The second-order valence-corrected chi connectivity index (χ2v) is 7.36. The Morgan fingerprint density at radius 3 is 2.34 bits per heavy atom. The van der Waals surface area contributed by atoms with Gasteiger partial charge in [-0.05, 0) is 67.9 Å². The predicted octanol–water partition coefficient (Wildman–Crippen LogP) is 4.62. The Balaban J connectivity index is 1.53. The topological polar surface area (TPSA) is 64.7 Å². The van der Waals surface area contributed by atoms with Gasteiger partial charge in [0.05, 0.1) is 22.6 Å². The van der Waals surface area contributed by atoms with E-state index in [9.17, 15) is 18.0 Å². The molecule has 0 atom stereocenters. The van der Waals surface area contributed by atoms with Crippen molar-refractivity contribution in [3.63, 3.8) is 0 Å². The van der Waals surface area contributed by atoms with Crippen LogP contribution < -0.4 is 5.32 Å². The van der Waals surface area contributed by atoms with Gasteiger partial charge in [0.25, 0.3) is 5.91 Å². The summed E-state index contributed by atoms with van der Waals surface area (Å²) in [5.74, 6) is -0.465. The first-order valence-electron chi connectivity index (χ1n) is 9.84. The number of carbonyl (C=O) groups is 1. The summed E-state index contributed by atoms with van der Waals surface area (Å²) in [6.45, 7) is 3.30. The summed E-state index contributed by atoms with van der Waals surface area (Å²) in [6.07, 6.45) is -1.17. The summed E-state index contributed by atoms with van der Waals surface area (Å²) in [6, 6.07) is 14.2. The molecule has 0 aliphatic rings. The Morgan fingerprint density at radius 2 is 1.75 bits per heavy atom. The molecule has 0 saturated heterocycles. The molecule has 1 amide bonds. The van der Waals surface area contributed by atoms with Crippen LogP contribution in [0.2, 0.25) is 0 Å². The van der Waals surface area contributed by atoms with E-state index in [1.165, 1.54) is 10.7 Å². The molecule has 164 valence electrons. The molecule has 2 aromatic heterocycles. The monoisotopic (exact) mass is 439 g/mol. The molecule has 1 N–H and O–H groups in total. The van der Waals surface area contributed by atoms with Crippen LogP contribution in [0, 0.1) is 13.8 Å². The summed E-state index contributed by atoms with van der Waals surface area (Å²) < 4.78 is 44.3. The predicted molar refractivity (Wildman–Crippen MR) is 113 cm³/mol. The zero-order valence-corrected chi connectivity index (χ0v) is 17.4. The first kappa shape index (κ1) is 21.4. The molecule has 2 aromatic carbocycles. The number of aryl methyl sites for hydroxylation is 2. The number of nitrogens with zero attached hydrogens (tertiary/aromatic N) is 4. The maximum absolute atomic E-state index is 13.7. The highest BCUT2D eigenvalue weighted by atomic mass is 19.4. The van der Waals surface area contributed by atoms with Crippen LogP contribution in [0.25, 0.3) is 11.4 Å².